The number of fused-ring (bicyclic) bond motifs is 1. The molecule has 1 N–H and O–H groups in total. The smallest absolute Gasteiger partial charge is 0.341 e. The van der Waals surface area contributed by atoms with Crippen LogP contribution in [0.15, 0.2) is 24.3 Å². The summed E-state index contributed by atoms with van der Waals surface area (Å²) in [5, 5.41) is 3.03. The number of rotatable bonds is 6. The van der Waals surface area contributed by atoms with Crippen LogP contribution >= 0.6 is 11.3 Å². The fourth-order valence-corrected chi connectivity index (χ4v) is 4.20. The molecule has 0 unspecified atom stereocenters. The Bertz CT molecular complexity index is 892. The van der Waals surface area contributed by atoms with Crippen LogP contribution in [0.5, 0.6) is 0 Å². The molecule has 1 aromatic heterocycles. The summed E-state index contributed by atoms with van der Waals surface area (Å²) >= 11 is 1.34. The van der Waals surface area contributed by atoms with Crippen molar-refractivity contribution in [1.29, 1.82) is 0 Å². The number of aryl methyl sites for hydroxylation is 1. The Kier molecular flexibility index (Phi) is 5.85. The number of hydrogen-bond acceptors (Lipinski definition) is 6. The third kappa shape index (κ3) is 4.33. The summed E-state index contributed by atoms with van der Waals surface area (Å²) in [5.74, 6) is -2.42. The van der Waals surface area contributed by atoms with Gasteiger partial charge in [-0.1, -0.05) is 6.07 Å². The average molecular weight is 391 g/mol. The molecule has 1 aliphatic carbocycles. The Hall–Kier alpha value is -2.74. The fourth-order valence-electron chi connectivity index (χ4n) is 2.90. The summed E-state index contributed by atoms with van der Waals surface area (Å²) < 4.78 is 23.2. The summed E-state index contributed by atoms with van der Waals surface area (Å²) in [6.07, 6.45) is 2.59. The molecule has 1 amide bonds. The minimum absolute atomic E-state index is 0.0186. The van der Waals surface area contributed by atoms with E-state index in [1.807, 2.05) is 0 Å². The van der Waals surface area contributed by atoms with E-state index in [0.717, 1.165) is 35.8 Å². The fraction of sp³-hybridized carbons (Fsp3) is 0.316. The summed E-state index contributed by atoms with van der Waals surface area (Å²) in [5.41, 5.74) is 1.33. The quantitative estimate of drug-likeness (QED) is 0.764. The van der Waals surface area contributed by atoms with Gasteiger partial charge in [0.25, 0.3) is 5.91 Å². The van der Waals surface area contributed by atoms with E-state index in [-0.39, 0.29) is 12.2 Å². The van der Waals surface area contributed by atoms with E-state index >= 15 is 0 Å². The molecule has 6 nitrogen and oxygen atoms in total. The number of amides is 1. The van der Waals surface area contributed by atoms with Gasteiger partial charge in [-0.2, -0.15) is 0 Å². The first-order chi connectivity index (χ1) is 13.0. The van der Waals surface area contributed by atoms with Crippen molar-refractivity contribution in [3.8, 4) is 0 Å². The number of halogens is 1. The van der Waals surface area contributed by atoms with Crippen LogP contribution in [0.2, 0.25) is 0 Å². The lowest BCUT2D eigenvalue weighted by molar-refractivity contribution is -0.119. The Morgan fingerprint density at radius 1 is 1.19 bits per heavy atom. The van der Waals surface area contributed by atoms with E-state index in [0.29, 0.717) is 10.6 Å². The van der Waals surface area contributed by atoms with E-state index in [2.05, 4.69) is 5.32 Å². The topological polar surface area (TPSA) is 81.7 Å². The standard InChI is InChI=1S/C19H18FNO5S/c1-2-25-19(24)16-13-7-4-8-14(13)27-17(16)21-15(22)10-26-18(23)11-5-3-6-12(20)9-11/h3,5-6,9H,2,4,7-8,10H2,1H3,(H,21,22). The highest BCUT2D eigenvalue weighted by Gasteiger charge is 2.28. The molecular weight excluding hydrogens is 373 g/mol. The van der Waals surface area contributed by atoms with E-state index in [9.17, 15) is 18.8 Å². The predicted octanol–water partition coefficient (Wildman–Crippen LogP) is 3.35. The predicted molar refractivity (Wildman–Crippen MR) is 97.6 cm³/mol. The van der Waals surface area contributed by atoms with Gasteiger partial charge < -0.3 is 14.8 Å². The van der Waals surface area contributed by atoms with Crippen LogP contribution in [0, 0.1) is 5.82 Å². The minimum atomic E-state index is -0.802. The molecule has 2 aromatic rings. The number of thiophene rings is 1. The molecule has 0 atom stereocenters. The summed E-state index contributed by atoms with van der Waals surface area (Å²) in [7, 11) is 0. The van der Waals surface area contributed by atoms with Gasteiger partial charge in [0, 0.05) is 4.88 Å². The lowest BCUT2D eigenvalue weighted by atomic mass is 10.1. The van der Waals surface area contributed by atoms with Crippen molar-refractivity contribution in [2.75, 3.05) is 18.5 Å². The van der Waals surface area contributed by atoms with Gasteiger partial charge in [0.05, 0.1) is 17.7 Å². The van der Waals surface area contributed by atoms with Gasteiger partial charge in [0.1, 0.15) is 10.8 Å². The lowest BCUT2D eigenvalue weighted by Gasteiger charge is -2.08. The van der Waals surface area contributed by atoms with Crippen molar-refractivity contribution in [3.63, 3.8) is 0 Å². The highest BCUT2D eigenvalue weighted by atomic mass is 32.1. The molecule has 8 heteroatoms. The van der Waals surface area contributed by atoms with Crippen molar-refractivity contribution < 1.29 is 28.2 Å². The number of hydrogen-bond donors (Lipinski definition) is 1. The number of carbonyl (C=O) groups is 3. The zero-order valence-corrected chi connectivity index (χ0v) is 15.5. The SMILES string of the molecule is CCOC(=O)c1c(NC(=O)COC(=O)c2cccc(F)c2)sc2c1CCC2. The van der Waals surface area contributed by atoms with Gasteiger partial charge in [-0.25, -0.2) is 14.0 Å². The minimum Gasteiger partial charge on any atom is -0.462 e. The number of nitrogens with one attached hydrogen (secondary N) is 1. The van der Waals surface area contributed by atoms with Gasteiger partial charge >= 0.3 is 11.9 Å². The maximum Gasteiger partial charge on any atom is 0.341 e. The van der Waals surface area contributed by atoms with Gasteiger partial charge in [0.15, 0.2) is 6.61 Å². The summed E-state index contributed by atoms with van der Waals surface area (Å²) in [6.45, 7) is 1.41. The number of esters is 2. The molecule has 0 radical (unpaired) electrons. The molecule has 0 spiro atoms. The van der Waals surface area contributed by atoms with E-state index in [1.54, 1.807) is 6.92 Å². The third-order valence-corrected chi connectivity index (χ3v) is 5.26. The average Bonchev–Trinajstić information content (AvgIpc) is 3.20. The van der Waals surface area contributed by atoms with Gasteiger partial charge in [-0.15, -0.1) is 11.3 Å². The Morgan fingerprint density at radius 3 is 2.74 bits per heavy atom. The molecule has 0 saturated heterocycles. The van der Waals surface area contributed by atoms with Crippen LogP contribution in [-0.4, -0.2) is 31.1 Å². The summed E-state index contributed by atoms with van der Waals surface area (Å²) in [4.78, 5) is 37.4. The van der Waals surface area contributed by atoms with Crippen LogP contribution in [0.1, 0.15) is 44.5 Å². The lowest BCUT2D eigenvalue weighted by Crippen LogP contribution is -2.22. The maximum atomic E-state index is 13.1. The second kappa shape index (κ2) is 8.30. The summed E-state index contributed by atoms with van der Waals surface area (Å²) in [6, 6.07) is 5.01. The van der Waals surface area contributed by atoms with Gasteiger partial charge in [0.2, 0.25) is 0 Å². The van der Waals surface area contributed by atoms with Crippen LogP contribution in [0.25, 0.3) is 0 Å². The van der Waals surface area contributed by atoms with Gasteiger partial charge in [-0.05, 0) is 49.9 Å². The Labute approximate surface area is 159 Å². The first-order valence-electron chi connectivity index (χ1n) is 8.53. The molecule has 0 aliphatic heterocycles. The number of carbonyl (C=O) groups excluding carboxylic acids is 3. The largest absolute Gasteiger partial charge is 0.462 e. The van der Waals surface area contributed by atoms with Crippen LogP contribution in [0.4, 0.5) is 9.39 Å². The molecule has 1 heterocycles. The monoisotopic (exact) mass is 391 g/mol. The van der Waals surface area contributed by atoms with Crippen molar-refractivity contribution in [1.82, 2.24) is 0 Å². The third-order valence-electron chi connectivity index (χ3n) is 4.05. The number of anilines is 1. The second-order valence-corrected chi connectivity index (χ2v) is 7.02. The zero-order valence-electron chi connectivity index (χ0n) is 14.7. The molecule has 1 aliphatic rings. The normalized spacial score (nSPS) is 12.4. The maximum absolute atomic E-state index is 13.1. The Balaban J connectivity index is 1.66. The molecule has 0 fully saturated rings. The number of ether oxygens (including phenoxy) is 2. The first kappa shape index (κ1) is 19.0. The molecule has 0 bridgehead atoms. The molecule has 27 heavy (non-hydrogen) atoms. The Morgan fingerprint density at radius 2 is 2.00 bits per heavy atom. The van der Waals surface area contributed by atoms with Crippen molar-refractivity contribution >= 4 is 34.2 Å². The molecular formula is C19H18FNO5S. The van der Waals surface area contributed by atoms with Crippen LogP contribution in [-0.2, 0) is 27.1 Å². The first-order valence-corrected chi connectivity index (χ1v) is 9.35. The molecule has 3 rings (SSSR count). The van der Waals surface area contributed by atoms with Crippen LogP contribution in [0.3, 0.4) is 0 Å². The highest BCUT2D eigenvalue weighted by molar-refractivity contribution is 7.17. The number of benzene rings is 1. The van der Waals surface area contributed by atoms with E-state index < -0.39 is 30.3 Å². The van der Waals surface area contributed by atoms with Gasteiger partial charge in [-0.3, -0.25) is 4.79 Å². The second-order valence-electron chi connectivity index (χ2n) is 5.92. The molecule has 0 saturated carbocycles. The highest BCUT2D eigenvalue weighted by Crippen LogP contribution is 2.39. The molecule has 1 aromatic carbocycles. The van der Waals surface area contributed by atoms with Crippen molar-refractivity contribution in [2.45, 2.75) is 26.2 Å². The zero-order chi connectivity index (χ0) is 19.4. The molecule has 142 valence electrons. The van der Waals surface area contributed by atoms with Crippen molar-refractivity contribution in [2.24, 2.45) is 0 Å². The van der Waals surface area contributed by atoms with E-state index in [1.165, 1.54) is 29.5 Å². The van der Waals surface area contributed by atoms with Crippen molar-refractivity contribution in [3.05, 3.63) is 51.7 Å². The van der Waals surface area contributed by atoms with Crippen LogP contribution < -0.4 is 5.32 Å². The van der Waals surface area contributed by atoms with E-state index in [4.69, 9.17) is 9.47 Å².